The third kappa shape index (κ3) is 2.09. The maximum absolute atomic E-state index is 5.47. The van der Waals surface area contributed by atoms with Crippen LogP contribution < -0.4 is 0 Å². The highest BCUT2D eigenvalue weighted by Gasteiger charge is 2.20. The zero-order valence-corrected chi connectivity index (χ0v) is 9.32. The molecule has 0 saturated heterocycles. The Labute approximate surface area is 90.0 Å². The van der Waals surface area contributed by atoms with Gasteiger partial charge in [-0.2, -0.15) is 0 Å². The summed E-state index contributed by atoms with van der Waals surface area (Å²) in [6, 6.07) is 10.1. The minimum atomic E-state index is -0.0347. The average Bonchev–Trinajstić information content (AvgIpc) is 2.67. The molecule has 0 N–H and O–H groups in total. The number of benzene rings is 1. The number of oxazole rings is 1. The molecule has 0 radical (unpaired) electrons. The van der Waals surface area contributed by atoms with Crippen molar-refractivity contribution >= 4 is 0 Å². The summed E-state index contributed by atoms with van der Waals surface area (Å²) in [5.74, 6) is 0.779. The second-order valence-corrected chi connectivity index (χ2v) is 4.65. The average molecular weight is 201 g/mol. The normalized spacial score (nSPS) is 11.7. The zero-order chi connectivity index (χ0) is 10.9. The Kier molecular flexibility index (Phi) is 2.35. The Bertz CT molecular complexity index is 437. The molecule has 0 amide bonds. The quantitative estimate of drug-likeness (QED) is 0.704. The highest BCUT2D eigenvalue weighted by molar-refractivity contribution is 5.57. The summed E-state index contributed by atoms with van der Waals surface area (Å²) in [5.41, 5.74) is 1.96. The van der Waals surface area contributed by atoms with E-state index in [-0.39, 0.29) is 5.41 Å². The van der Waals surface area contributed by atoms with Crippen molar-refractivity contribution in [2.45, 2.75) is 26.2 Å². The van der Waals surface area contributed by atoms with Crippen molar-refractivity contribution in [2.75, 3.05) is 0 Å². The van der Waals surface area contributed by atoms with Gasteiger partial charge in [-0.15, -0.1) is 0 Å². The van der Waals surface area contributed by atoms with E-state index in [0.717, 1.165) is 17.1 Å². The van der Waals surface area contributed by atoms with Crippen LogP contribution in [0.5, 0.6) is 0 Å². The predicted molar refractivity (Wildman–Crippen MR) is 60.6 cm³/mol. The highest BCUT2D eigenvalue weighted by Crippen LogP contribution is 2.25. The lowest BCUT2D eigenvalue weighted by Gasteiger charge is -2.11. The Morgan fingerprint density at radius 3 is 2.27 bits per heavy atom. The van der Waals surface area contributed by atoms with E-state index in [0.29, 0.717) is 0 Å². The topological polar surface area (TPSA) is 26.0 Å². The van der Waals surface area contributed by atoms with Crippen LogP contribution in [0.4, 0.5) is 0 Å². The molecule has 0 bridgehead atoms. The molecule has 0 spiro atoms. The van der Waals surface area contributed by atoms with Crippen molar-refractivity contribution in [2.24, 2.45) is 0 Å². The molecule has 2 nitrogen and oxygen atoms in total. The molecule has 1 aromatic carbocycles. The molecule has 0 aliphatic carbocycles. The van der Waals surface area contributed by atoms with E-state index in [9.17, 15) is 0 Å². The van der Waals surface area contributed by atoms with Crippen molar-refractivity contribution in [3.8, 4) is 11.3 Å². The summed E-state index contributed by atoms with van der Waals surface area (Å²) in [7, 11) is 0. The van der Waals surface area contributed by atoms with Crippen LogP contribution in [0.1, 0.15) is 26.7 Å². The molecule has 0 saturated carbocycles. The van der Waals surface area contributed by atoms with Gasteiger partial charge in [-0.1, -0.05) is 51.1 Å². The fraction of sp³-hybridized carbons (Fsp3) is 0.308. The third-order valence-corrected chi connectivity index (χ3v) is 2.22. The summed E-state index contributed by atoms with van der Waals surface area (Å²) in [4.78, 5) is 4.49. The number of aromatic nitrogens is 1. The third-order valence-electron chi connectivity index (χ3n) is 2.22. The molecule has 0 atom stereocenters. The Morgan fingerprint density at radius 2 is 1.73 bits per heavy atom. The molecule has 1 aromatic heterocycles. The monoisotopic (exact) mass is 201 g/mol. The van der Waals surface area contributed by atoms with Gasteiger partial charge >= 0.3 is 0 Å². The van der Waals surface area contributed by atoms with Gasteiger partial charge in [0.25, 0.3) is 0 Å². The van der Waals surface area contributed by atoms with Crippen molar-refractivity contribution in [3.05, 3.63) is 42.5 Å². The first-order valence-corrected chi connectivity index (χ1v) is 5.09. The highest BCUT2D eigenvalue weighted by atomic mass is 16.3. The van der Waals surface area contributed by atoms with Gasteiger partial charge in [-0.25, -0.2) is 4.98 Å². The number of rotatable bonds is 1. The van der Waals surface area contributed by atoms with E-state index in [1.165, 1.54) is 0 Å². The SMILES string of the molecule is CC(C)(C)c1nc(-c2ccccc2)co1. The van der Waals surface area contributed by atoms with Crippen LogP contribution in [0.15, 0.2) is 41.0 Å². The molecule has 0 aliphatic heterocycles. The van der Waals surface area contributed by atoms with Crippen LogP contribution in [-0.4, -0.2) is 4.98 Å². The summed E-state index contributed by atoms with van der Waals surface area (Å²) in [6.07, 6.45) is 1.72. The maximum atomic E-state index is 5.47. The number of hydrogen-bond acceptors (Lipinski definition) is 2. The molecule has 78 valence electrons. The zero-order valence-electron chi connectivity index (χ0n) is 9.32. The standard InChI is InChI=1S/C13H15NO/c1-13(2,3)12-14-11(9-15-12)10-7-5-4-6-8-10/h4-9H,1-3H3. The summed E-state index contributed by atoms with van der Waals surface area (Å²) >= 11 is 0. The molecule has 0 aliphatic rings. The summed E-state index contributed by atoms with van der Waals surface area (Å²) < 4.78 is 5.47. The van der Waals surface area contributed by atoms with Crippen LogP contribution in [0.3, 0.4) is 0 Å². The van der Waals surface area contributed by atoms with Crippen LogP contribution in [0.2, 0.25) is 0 Å². The molecule has 1 heterocycles. The first-order valence-electron chi connectivity index (χ1n) is 5.09. The van der Waals surface area contributed by atoms with E-state index in [2.05, 4.69) is 25.8 Å². The predicted octanol–water partition coefficient (Wildman–Crippen LogP) is 3.64. The number of nitrogens with zero attached hydrogens (tertiary/aromatic N) is 1. The van der Waals surface area contributed by atoms with E-state index >= 15 is 0 Å². The first kappa shape index (κ1) is 9.97. The van der Waals surface area contributed by atoms with Crippen molar-refractivity contribution in [1.82, 2.24) is 4.98 Å². The molecule has 2 heteroatoms. The van der Waals surface area contributed by atoms with Crippen molar-refractivity contribution in [3.63, 3.8) is 0 Å². The van der Waals surface area contributed by atoms with Gasteiger partial charge in [0.05, 0.1) is 0 Å². The lowest BCUT2D eigenvalue weighted by atomic mass is 9.97. The van der Waals surface area contributed by atoms with E-state index in [1.54, 1.807) is 6.26 Å². The molecular weight excluding hydrogens is 186 g/mol. The molecule has 0 fully saturated rings. The second kappa shape index (κ2) is 3.54. The molecular formula is C13H15NO. The van der Waals surface area contributed by atoms with Gasteiger partial charge in [0.15, 0.2) is 5.89 Å². The minimum Gasteiger partial charge on any atom is -0.448 e. The van der Waals surface area contributed by atoms with Gasteiger partial charge in [-0.3, -0.25) is 0 Å². The summed E-state index contributed by atoms with van der Waals surface area (Å²) in [5, 5.41) is 0. The van der Waals surface area contributed by atoms with Crippen LogP contribution in [-0.2, 0) is 5.41 Å². The molecule has 15 heavy (non-hydrogen) atoms. The second-order valence-electron chi connectivity index (χ2n) is 4.65. The Hall–Kier alpha value is -1.57. The molecule has 2 aromatic rings. The van der Waals surface area contributed by atoms with Gasteiger partial charge < -0.3 is 4.42 Å². The summed E-state index contributed by atoms with van der Waals surface area (Å²) in [6.45, 7) is 6.27. The lowest BCUT2D eigenvalue weighted by molar-refractivity contribution is 0.392. The van der Waals surface area contributed by atoms with Crippen LogP contribution in [0, 0.1) is 0 Å². The first-order chi connectivity index (χ1) is 7.07. The fourth-order valence-electron chi connectivity index (χ4n) is 1.36. The van der Waals surface area contributed by atoms with E-state index < -0.39 is 0 Å². The maximum Gasteiger partial charge on any atom is 0.199 e. The fourth-order valence-corrected chi connectivity index (χ4v) is 1.36. The Balaban J connectivity index is 2.37. The van der Waals surface area contributed by atoms with Crippen molar-refractivity contribution < 1.29 is 4.42 Å². The molecule has 2 rings (SSSR count). The van der Waals surface area contributed by atoms with Crippen LogP contribution >= 0.6 is 0 Å². The van der Waals surface area contributed by atoms with E-state index in [1.807, 2.05) is 30.3 Å². The van der Waals surface area contributed by atoms with Crippen molar-refractivity contribution in [1.29, 1.82) is 0 Å². The van der Waals surface area contributed by atoms with Gasteiger partial charge in [0.2, 0.25) is 0 Å². The van der Waals surface area contributed by atoms with Gasteiger partial charge in [0.1, 0.15) is 12.0 Å². The Morgan fingerprint density at radius 1 is 1.07 bits per heavy atom. The lowest BCUT2D eigenvalue weighted by Crippen LogP contribution is -2.11. The largest absolute Gasteiger partial charge is 0.448 e. The van der Waals surface area contributed by atoms with Gasteiger partial charge in [-0.05, 0) is 0 Å². The van der Waals surface area contributed by atoms with Crippen LogP contribution in [0.25, 0.3) is 11.3 Å². The smallest absolute Gasteiger partial charge is 0.199 e. The minimum absolute atomic E-state index is 0.0347. The molecule has 0 unspecified atom stereocenters. The number of hydrogen-bond donors (Lipinski definition) is 0. The van der Waals surface area contributed by atoms with Gasteiger partial charge in [0, 0.05) is 11.0 Å². The van der Waals surface area contributed by atoms with E-state index in [4.69, 9.17) is 4.42 Å².